The molecular weight excluding hydrogens is 232 g/mol. The van der Waals surface area contributed by atoms with Crippen LogP contribution in [0.15, 0.2) is 24.7 Å². The lowest BCUT2D eigenvalue weighted by molar-refractivity contribution is -0.119. The Bertz CT molecular complexity index is 592. The van der Waals surface area contributed by atoms with Crippen LogP contribution in [0.3, 0.4) is 0 Å². The Morgan fingerprint density at radius 1 is 1.56 bits per heavy atom. The first-order chi connectivity index (χ1) is 8.63. The van der Waals surface area contributed by atoms with Crippen LogP contribution in [-0.2, 0) is 11.8 Å². The predicted molar refractivity (Wildman–Crippen MR) is 63.5 cm³/mol. The van der Waals surface area contributed by atoms with Gasteiger partial charge in [0, 0.05) is 19.4 Å². The Morgan fingerprint density at radius 3 is 2.94 bits per heavy atom. The molecule has 0 aliphatic rings. The van der Waals surface area contributed by atoms with E-state index in [0.717, 1.165) is 0 Å². The van der Waals surface area contributed by atoms with Crippen LogP contribution in [0.25, 0.3) is 0 Å². The maximum absolute atomic E-state index is 12.0. The van der Waals surface area contributed by atoms with Crippen molar-refractivity contribution >= 4 is 11.7 Å². The Labute approximate surface area is 104 Å². The average Bonchev–Trinajstić information content (AvgIpc) is 2.99. The van der Waals surface area contributed by atoms with Crippen molar-refractivity contribution in [2.75, 3.05) is 5.32 Å². The molecule has 7 heteroatoms. The first-order valence-electron chi connectivity index (χ1n) is 5.35. The second-order valence-corrected chi connectivity index (χ2v) is 3.79. The summed E-state index contributed by atoms with van der Waals surface area (Å²) in [5.74, 6) is 0.139. The van der Waals surface area contributed by atoms with Gasteiger partial charge in [0.15, 0.2) is 0 Å². The van der Waals surface area contributed by atoms with Gasteiger partial charge in [0.25, 0.3) is 0 Å². The van der Waals surface area contributed by atoms with Gasteiger partial charge in [0.1, 0.15) is 23.5 Å². The summed E-state index contributed by atoms with van der Waals surface area (Å²) in [5.41, 5.74) is 0.332. The number of aromatic nitrogens is 4. The third-order valence-corrected chi connectivity index (χ3v) is 2.60. The minimum atomic E-state index is -0.457. The van der Waals surface area contributed by atoms with E-state index in [4.69, 9.17) is 5.26 Å². The predicted octanol–water partition coefficient (Wildman–Crippen LogP) is 0.688. The summed E-state index contributed by atoms with van der Waals surface area (Å²) >= 11 is 0. The molecule has 1 atom stereocenters. The number of nitriles is 1. The monoisotopic (exact) mass is 244 g/mol. The number of carbonyl (C=O) groups excluding carboxylic acids is 1. The molecule has 7 nitrogen and oxygen atoms in total. The average molecular weight is 244 g/mol. The minimum Gasteiger partial charge on any atom is -0.308 e. The SMILES string of the molecule is CC(C(=O)Nc1c(C#N)cnn1C)n1cccn1. The molecule has 2 aromatic heterocycles. The molecule has 1 unspecified atom stereocenters. The fraction of sp³-hybridized carbons (Fsp3) is 0.273. The second-order valence-electron chi connectivity index (χ2n) is 3.79. The highest BCUT2D eigenvalue weighted by Crippen LogP contribution is 2.15. The molecule has 2 heterocycles. The molecule has 0 spiro atoms. The fourth-order valence-electron chi connectivity index (χ4n) is 1.52. The molecule has 0 saturated carbocycles. The Kier molecular flexibility index (Phi) is 3.10. The first kappa shape index (κ1) is 11.9. The van der Waals surface area contributed by atoms with Crippen LogP contribution < -0.4 is 5.32 Å². The van der Waals surface area contributed by atoms with Gasteiger partial charge in [-0.2, -0.15) is 15.5 Å². The molecule has 0 aliphatic carbocycles. The molecule has 1 amide bonds. The van der Waals surface area contributed by atoms with E-state index in [1.54, 1.807) is 32.4 Å². The zero-order chi connectivity index (χ0) is 13.1. The van der Waals surface area contributed by atoms with Crippen molar-refractivity contribution in [2.45, 2.75) is 13.0 Å². The van der Waals surface area contributed by atoms with E-state index in [9.17, 15) is 4.79 Å². The molecule has 1 N–H and O–H groups in total. The number of nitrogens with one attached hydrogen (secondary N) is 1. The van der Waals surface area contributed by atoms with E-state index in [2.05, 4.69) is 15.5 Å². The maximum Gasteiger partial charge on any atom is 0.250 e. The van der Waals surface area contributed by atoms with Gasteiger partial charge in [-0.1, -0.05) is 0 Å². The van der Waals surface area contributed by atoms with Gasteiger partial charge < -0.3 is 5.32 Å². The summed E-state index contributed by atoms with van der Waals surface area (Å²) in [7, 11) is 1.66. The smallest absolute Gasteiger partial charge is 0.250 e. The zero-order valence-electron chi connectivity index (χ0n) is 10.0. The van der Waals surface area contributed by atoms with Crippen molar-refractivity contribution in [3.05, 3.63) is 30.2 Å². The summed E-state index contributed by atoms with van der Waals surface area (Å²) in [6, 6.07) is 3.26. The Morgan fingerprint density at radius 2 is 2.33 bits per heavy atom. The summed E-state index contributed by atoms with van der Waals surface area (Å²) in [6.07, 6.45) is 4.72. The molecule has 2 rings (SSSR count). The van der Waals surface area contributed by atoms with Crippen LogP contribution in [0.2, 0.25) is 0 Å². The van der Waals surface area contributed by atoms with Gasteiger partial charge in [0.2, 0.25) is 5.91 Å². The van der Waals surface area contributed by atoms with Crippen LogP contribution in [0.1, 0.15) is 18.5 Å². The van der Waals surface area contributed by atoms with Crippen LogP contribution in [0, 0.1) is 11.3 Å². The highest BCUT2D eigenvalue weighted by Gasteiger charge is 2.18. The van der Waals surface area contributed by atoms with Gasteiger partial charge >= 0.3 is 0 Å². The number of nitrogens with zero attached hydrogens (tertiary/aromatic N) is 5. The second kappa shape index (κ2) is 4.71. The van der Waals surface area contributed by atoms with Gasteiger partial charge in [-0.3, -0.25) is 14.2 Å². The molecule has 0 aliphatic heterocycles. The van der Waals surface area contributed by atoms with Crippen molar-refractivity contribution in [3.8, 4) is 6.07 Å². The summed E-state index contributed by atoms with van der Waals surface area (Å²) in [4.78, 5) is 12.0. The van der Waals surface area contributed by atoms with E-state index in [1.165, 1.54) is 15.6 Å². The zero-order valence-corrected chi connectivity index (χ0v) is 10.0. The number of hydrogen-bond acceptors (Lipinski definition) is 4. The number of anilines is 1. The number of hydrogen-bond donors (Lipinski definition) is 1. The largest absolute Gasteiger partial charge is 0.308 e. The summed E-state index contributed by atoms with van der Waals surface area (Å²) in [6.45, 7) is 1.73. The lowest BCUT2D eigenvalue weighted by Crippen LogP contribution is -2.25. The van der Waals surface area contributed by atoms with E-state index in [1.807, 2.05) is 6.07 Å². The number of rotatable bonds is 3. The van der Waals surface area contributed by atoms with Crippen LogP contribution in [0.4, 0.5) is 5.82 Å². The molecule has 2 aromatic rings. The maximum atomic E-state index is 12.0. The standard InChI is InChI=1S/C11H12N6O/c1-8(17-5-3-4-13-17)11(18)15-10-9(6-12)7-14-16(10)2/h3-5,7-8H,1-2H3,(H,15,18). The van der Waals surface area contributed by atoms with Gasteiger partial charge in [-0.05, 0) is 13.0 Å². The first-order valence-corrected chi connectivity index (χ1v) is 5.35. The van der Waals surface area contributed by atoms with Crippen molar-refractivity contribution in [1.29, 1.82) is 5.26 Å². The Balaban J connectivity index is 2.17. The van der Waals surface area contributed by atoms with E-state index < -0.39 is 6.04 Å². The number of aryl methyl sites for hydroxylation is 1. The lowest BCUT2D eigenvalue weighted by Gasteiger charge is -2.12. The molecule has 0 aromatic carbocycles. The van der Waals surface area contributed by atoms with Crippen molar-refractivity contribution < 1.29 is 4.79 Å². The van der Waals surface area contributed by atoms with Crippen LogP contribution >= 0.6 is 0 Å². The Hall–Kier alpha value is -2.62. The molecular formula is C11H12N6O. The minimum absolute atomic E-state index is 0.251. The molecule has 0 bridgehead atoms. The van der Waals surface area contributed by atoms with Crippen LogP contribution in [-0.4, -0.2) is 25.5 Å². The summed E-state index contributed by atoms with van der Waals surface area (Å²) < 4.78 is 2.99. The van der Waals surface area contributed by atoms with Gasteiger partial charge in [0.05, 0.1) is 6.20 Å². The highest BCUT2D eigenvalue weighted by atomic mass is 16.2. The van der Waals surface area contributed by atoms with Gasteiger partial charge in [-0.15, -0.1) is 0 Å². The van der Waals surface area contributed by atoms with Gasteiger partial charge in [-0.25, -0.2) is 0 Å². The van der Waals surface area contributed by atoms with Crippen molar-refractivity contribution in [2.24, 2.45) is 7.05 Å². The summed E-state index contributed by atoms with van der Waals surface area (Å²) in [5, 5.41) is 19.5. The van der Waals surface area contributed by atoms with Crippen molar-refractivity contribution in [1.82, 2.24) is 19.6 Å². The number of carbonyl (C=O) groups is 1. The third kappa shape index (κ3) is 2.08. The van der Waals surface area contributed by atoms with Crippen molar-refractivity contribution in [3.63, 3.8) is 0 Å². The van der Waals surface area contributed by atoms with E-state index >= 15 is 0 Å². The quantitative estimate of drug-likeness (QED) is 0.860. The number of amides is 1. The third-order valence-electron chi connectivity index (χ3n) is 2.60. The topological polar surface area (TPSA) is 88.5 Å². The molecule has 92 valence electrons. The molecule has 0 radical (unpaired) electrons. The van der Waals surface area contributed by atoms with Crippen LogP contribution in [0.5, 0.6) is 0 Å². The van der Waals surface area contributed by atoms with E-state index in [-0.39, 0.29) is 5.91 Å². The molecule has 0 saturated heterocycles. The lowest BCUT2D eigenvalue weighted by atomic mass is 10.3. The highest BCUT2D eigenvalue weighted by molar-refractivity contribution is 5.93. The molecule has 0 fully saturated rings. The fourth-order valence-corrected chi connectivity index (χ4v) is 1.52. The van der Waals surface area contributed by atoms with E-state index in [0.29, 0.717) is 11.4 Å². The normalized spacial score (nSPS) is 11.8. The molecule has 18 heavy (non-hydrogen) atoms.